The number of nitrogens with zero attached hydrogens (tertiary/aromatic N) is 2. The first-order valence-electron chi connectivity index (χ1n) is 7.22. The summed E-state index contributed by atoms with van der Waals surface area (Å²) < 4.78 is 5.73. The molecule has 2 rings (SSSR count). The first kappa shape index (κ1) is 14.1. The van der Waals surface area contributed by atoms with E-state index in [2.05, 4.69) is 27.5 Å². The first-order chi connectivity index (χ1) is 9.35. The van der Waals surface area contributed by atoms with Gasteiger partial charge in [0, 0.05) is 25.8 Å². The Morgan fingerprint density at radius 2 is 2.16 bits per heavy atom. The fraction of sp³-hybridized carbons (Fsp3) is 0.714. The van der Waals surface area contributed by atoms with Gasteiger partial charge in [-0.2, -0.15) is 0 Å². The van der Waals surface area contributed by atoms with Crippen LogP contribution >= 0.6 is 0 Å². The predicted octanol–water partition coefficient (Wildman–Crippen LogP) is 2.45. The maximum absolute atomic E-state index is 5.73. The molecule has 2 heterocycles. The summed E-state index contributed by atoms with van der Waals surface area (Å²) in [6.45, 7) is 3.89. The Morgan fingerprint density at radius 3 is 2.84 bits per heavy atom. The van der Waals surface area contributed by atoms with E-state index in [0.29, 0.717) is 6.10 Å². The molecule has 0 aromatic carbocycles. The highest BCUT2D eigenvalue weighted by atomic mass is 16.5. The molecule has 0 bridgehead atoms. The summed E-state index contributed by atoms with van der Waals surface area (Å²) in [6, 6.07) is 0. The second-order valence-electron chi connectivity index (χ2n) is 4.92. The molecule has 1 aliphatic heterocycles. The zero-order valence-electron chi connectivity index (χ0n) is 11.9. The molecule has 5 nitrogen and oxygen atoms in total. The van der Waals surface area contributed by atoms with Crippen LogP contribution in [0.5, 0.6) is 0 Å². The zero-order valence-corrected chi connectivity index (χ0v) is 11.9. The topological polar surface area (TPSA) is 59.1 Å². The lowest BCUT2D eigenvalue weighted by molar-refractivity contribution is 0.0247. The van der Waals surface area contributed by atoms with Crippen molar-refractivity contribution < 1.29 is 4.74 Å². The van der Waals surface area contributed by atoms with Gasteiger partial charge in [-0.05, 0) is 25.7 Å². The van der Waals surface area contributed by atoms with Gasteiger partial charge in [0.25, 0.3) is 0 Å². The van der Waals surface area contributed by atoms with Crippen molar-refractivity contribution in [1.29, 1.82) is 0 Å². The minimum absolute atomic E-state index is 0.316. The van der Waals surface area contributed by atoms with Gasteiger partial charge >= 0.3 is 0 Å². The number of anilines is 2. The van der Waals surface area contributed by atoms with Gasteiger partial charge in [-0.1, -0.05) is 13.3 Å². The summed E-state index contributed by atoms with van der Waals surface area (Å²) >= 11 is 0. The van der Waals surface area contributed by atoms with Gasteiger partial charge in [0.1, 0.15) is 18.0 Å². The molecule has 0 amide bonds. The third-order valence-electron chi connectivity index (χ3n) is 3.45. The Kier molecular flexibility index (Phi) is 5.39. The van der Waals surface area contributed by atoms with Crippen molar-refractivity contribution in [3.05, 3.63) is 11.9 Å². The molecule has 1 atom stereocenters. The predicted molar refractivity (Wildman–Crippen MR) is 77.7 cm³/mol. The van der Waals surface area contributed by atoms with Crippen LogP contribution in [0.2, 0.25) is 0 Å². The highest BCUT2D eigenvalue weighted by Crippen LogP contribution is 2.22. The highest BCUT2D eigenvalue weighted by molar-refractivity contribution is 5.57. The molecule has 106 valence electrons. The summed E-state index contributed by atoms with van der Waals surface area (Å²) in [4.78, 5) is 8.65. The van der Waals surface area contributed by atoms with E-state index in [1.807, 2.05) is 7.05 Å². The number of aromatic nitrogens is 2. The van der Waals surface area contributed by atoms with Crippen LogP contribution in [0.15, 0.2) is 6.33 Å². The second kappa shape index (κ2) is 7.28. The summed E-state index contributed by atoms with van der Waals surface area (Å²) in [7, 11) is 1.90. The van der Waals surface area contributed by atoms with Crippen LogP contribution < -0.4 is 10.6 Å². The molecule has 0 saturated carbocycles. The Hall–Kier alpha value is -1.36. The van der Waals surface area contributed by atoms with Crippen molar-refractivity contribution in [2.24, 2.45) is 0 Å². The molecule has 0 spiro atoms. The Balaban J connectivity index is 2.01. The van der Waals surface area contributed by atoms with Crippen LogP contribution in [0.3, 0.4) is 0 Å². The molecule has 2 N–H and O–H groups in total. The lowest BCUT2D eigenvalue weighted by Crippen LogP contribution is -2.27. The molecule has 19 heavy (non-hydrogen) atoms. The molecule has 1 aromatic rings. The molecule has 1 saturated heterocycles. The summed E-state index contributed by atoms with van der Waals surface area (Å²) in [5.41, 5.74) is 1.17. The molecule has 5 heteroatoms. The molecule has 0 aliphatic carbocycles. The molecule has 1 fully saturated rings. The second-order valence-corrected chi connectivity index (χ2v) is 4.92. The van der Waals surface area contributed by atoms with Gasteiger partial charge in [-0.3, -0.25) is 0 Å². The van der Waals surface area contributed by atoms with Crippen molar-refractivity contribution in [3.63, 3.8) is 0 Å². The van der Waals surface area contributed by atoms with Crippen LogP contribution in [0, 0.1) is 0 Å². The van der Waals surface area contributed by atoms with Crippen molar-refractivity contribution in [1.82, 2.24) is 9.97 Å². The minimum Gasteiger partial charge on any atom is -0.376 e. The van der Waals surface area contributed by atoms with Crippen LogP contribution in [0.25, 0.3) is 0 Å². The standard InChI is InChI=1S/C14H24N4O/c1-3-6-12-13(15-2)17-10-18-14(12)16-9-11-7-4-5-8-19-11/h10-11H,3-9H2,1-2H3,(H2,15,16,17,18). The molecule has 0 radical (unpaired) electrons. The quantitative estimate of drug-likeness (QED) is 0.826. The van der Waals surface area contributed by atoms with Gasteiger partial charge in [-0.15, -0.1) is 0 Å². The van der Waals surface area contributed by atoms with Crippen LogP contribution in [-0.2, 0) is 11.2 Å². The van der Waals surface area contributed by atoms with Crippen molar-refractivity contribution in [2.45, 2.75) is 45.1 Å². The molecular weight excluding hydrogens is 240 g/mol. The van der Waals surface area contributed by atoms with Gasteiger partial charge in [0.2, 0.25) is 0 Å². The maximum atomic E-state index is 5.73. The fourth-order valence-corrected chi connectivity index (χ4v) is 2.45. The van der Waals surface area contributed by atoms with E-state index in [1.54, 1.807) is 6.33 Å². The van der Waals surface area contributed by atoms with Gasteiger partial charge in [0.15, 0.2) is 0 Å². The molecule has 1 aliphatic rings. The number of hydrogen-bond donors (Lipinski definition) is 2. The summed E-state index contributed by atoms with van der Waals surface area (Å²) in [5, 5.41) is 6.56. The molecule has 1 aromatic heterocycles. The van der Waals surface area contributed by atoms with Crippen molar-refractivity contribution in [2.75, 3.05) is 30.8 Å². The van der Waals surface area contributed by atoms with Gasteiger partial charge in [0.05, 0.1) is 6.10 Å². The minimum atomic E-state index is 0.316. The summed E-state index contributed by atoms with van der Waals surface area (Å²) in [6.07, 6.45) is 7.57. The average Bonchev–Trinajstić information content (AvgIpc) is 2.47. The number of ether oxygens (including phenoxy) is 1. The van der Waals surface area contributed by atoms with E-state index < -0.39 is 0 Å². The average molecular weight is 264 g/mol. The lowest BCUT2D eigenvalue weighted by Gasteiger charge is -2.23. The van der Waals surface area contributed by atoms with Crippen molar-refractivity contribution in [3.8, 4) is 0 Å². The van der Waals surface area contributed by atoms with Crippen LogP contribution in [0.1, 0.15) is 38.2 Å². The van der Waals surface area contributed by atoms with Gasteiger partial charge in [-0.25, -0.2) is 9.97 Å². The van der Waals surface area contributed by atoms with E-state index in [1.165, 1.54) is 18.4 Å². The number of hydrogen-bond acceptors (Lipinski definition) is 5. The Labute approximate surface area is 115 Å². The largest absolute Gasteiger partial charge is 0.376 e. The van der Waals surface area contributed by atoms with E-state index in [-0.39, 0.29) is 0 Å². The molecule has 1 unspecified atom stereocenters. The SMILES string of the molecule is CCCc1c(NC)ncnc1NCC1CCCCO1. The Bertz CT molecular complexity index is 391. The van der Waals surface area contributed by atoms with E-state index in [0.717, 1.165) is 44.0 Å². The fourth-order valence-electron chi connectivity index (χ4n) is 2.45. The van der Waals surface area contributed by atoms with Gasteiger partial charge < -0.3 is 15.4 Å². The third kappa shape index (κ3) is 3.80. The van der Waals surface area contributed by atoms with Crippen LogP contribution in [0.4, 0.5) is 11.6 Å². The first-order valence-corrected chi connectivity index (χ1v) is 7.22. The van der Waals surface area contributed by atoms with Crippen molar-refractivity contribution >= 4 is 11.6 Å². The summed E-state index contributed by atoms with van der Waals surface area (Å²) in [5.74, 6) is 1.86. The van der Waals surface area contributed by atoms with E-state index in [9.17, 15) is 0 Å². The monoisotopic (exact) mass is 264 g/mol. The zero-order chi connectivity index (χ0) is 13.5. The normalized spacial score (nSPS) is 19.2. The smallest absolute Gasteiger partial charge is 0.134 e. The van der Waals surface area contributed by atoms with E-state index in [4.69, 9.17) is 4.74 Å². The highest BCUT2D eigenvalue weighted by Gasteiger charge is 2.15. The number of nitrogens with one attached hydrogen (secondary N) is 2. The van der Waals surface area contributed by atoms with E-state index >= 15 is 0 Å². The Morgan fingerprint density at radius 1 is 1.32 bits per heavy atom. The number of rotatable bonds is 6. The molecular formula is C14H24N4O. The maximum Gasteiger partial charge on any atom is 0.134 e. The third-order valence-corrected chi connectivity index (χ3v) is 3.45. The lowest BCUT2D eigenvalue weighted by atomic mass is 10.1. The van der Waals surface area contributed by atoms with Crippen LogP contribution in [-0.4, -0.2) is 36.3 Å².